The van der Waals surface area contributed by atoms with Gasteiger partial charge in [0.05, 0.1) is 11.3 Å². The fraction of sp³-hybridized carbons (Fsp3) is 0.467. The van der Waals surface area contributed by atoms with E-state index in [0.717, 1.165) is 0 Å². The van der Waals surface area contributed by atoms with Crippen LogP contribution in [0.5, 0.6) is 0 Å². The standard InChI is InChI=1S/C15H22N2O6S/c1-3-16-24(21,22)12-6-4-11(5-7-12)10-14(18)17-13(15(19)20)8-9-23-2/h4-7,13,16H,3,8-10H2,1-2H3,(H,17,18)(H,19,20). The van der Waals surface area contributed by atoms with Crippen LogP contribution in [0, 0.1) is 0 Å². The number of aliphatic carboxylic acids is 1. The van der Waals surface area contributed by atoms with E-state index in [0.29, 0.717) is 5.56 Å². The maximum Gasteiger partial charge on any atom is 0.326 e. The van der Waals surface area contributed by atoms with Crippen molar-refractivity contribution in [1.29, 1.82) is 0 Å². The zero-order chi connectivity index (χ0) is 18.2. The molecular weight excluding hydrogens is 336 g/mol. The number of hydrogen-bond acceptors (Lipinski definition) is 5. The van der Waals surface area contributed by atoms with Gasteiger partial charge in [0.15, 0.2) is 0 Å². The van der Waals surface area contributed by atoms with Gasteiger partial charge in [-0.3, -0.25) is 4.79 Å². The minimum absolute atomic E-state index is 0.0434. The van der Waals surface area contributed by atoms with Crippen molar-refractivity contribution < 1.29 is 27.9 Å². The molecule has 1 rings (SSSR count). The van der Waals surface area contributed by atoms with Gasteiger partial charge >= 0.3 is 5.97 Å². The topological polar surface area (TPSA) is 122 Å². The van der Waals surface area contributed by atoms with E-state index in [2.05, 4.69) is 10.0 Å². The molecule has 0 saturated heterocycles. The molecule has 24 heavy (non-hydrogen) atoms. The van der Waals surface area contributed by atoms with E-state index in [9.17, 15) is 18.0 Å². The van der Waals surface area contributed by atoms with Gasteiger partial charge < -0.3 is 15.2 Å². The van der Waals surface area contributed by atoms with Crippen LogP contribution in [0.1, 0.15) is 18.9 Å². The van der Waals surface area contributed by atoms with Crippen molar-refractivity contribution in [3.63, 3.8) is 0 Å². The van der Waals surface area contributed by atoms with E-state index in [-0.39, 0.29) is 30.9 Å². The number of ether oxygens (including phenoxy) is 1. The van der Waals surface area contributed by atoms with Crippen LogP contribution >= 0.6 is 0 Å². The predicted octanol–water partition coefficient (Wildman–Crippen LogP) is 0.133. The average molecular weight is 358 g/mol. The van der Waals surface area contributed by atoms with Crippen molar-refractivity contribution in [1.82, 2.24) is 10.0 Å². The molecule has 1 atom stereocenters. The second kappa shape index (κ2) is 9.36. The largest absolute Gasteiger partial charge is 0.480 e. The second-order valence-electron chi connectivity index (χ2n) is 5.06. The van der Waals surface area contributed by atoms with Gasteiger partial charge in [0.2, 0.25) is 15.9 Å². The number of methoxy groups -OCH3 is 1. The molecule has 0 aliphatic rings. The van der Waals surface area contributed by atoms with E-state index in [1.165, 1.54) is 31.4 Å². The van der Waals surface area contributed by atoms with Gasteiger partial charge in [-0.25, -0.2) is 17.9 Å². The summed E-state index contributed by atoms with van der Waals surface area (Å²) in [5.74, 6) is -1.59. The maximum atomic E-state index is 11.9. The lowest BCUT2D eigenvalue weighted by Crippen LogP contribution is -2.42. The van der Waals surface area contributed by atoms with Gasteiger partial charge in [-0.1, -0.05) is 19.1 Å². The Kier molecular flexibility index (Phi) is 7.83. The van der Waals surface area contributed by atoms with Crippen molar-refractivity contribution in [2.24, 2.45) is 0 Å². The molecule has 9 heteroatoms. The zero-order valence-corrected chi connectivity index (χ0v) is 14.4. The van der Waals surface area contributed by atoms with E-state index < -0.39 is 27.9 Å². The van der Waals surface area contributed by atoms with Gasteiger partial charge in [0.25, 0.3) is 0 Å². The number of sulfonamides is 1. The van der Waals surface area contributed by atoms with Crippen molar-refractivity contribution in [3.05, 3.63) is 29.8 Å². The third-order valence-corrected chi connectivity index (χ3v) is 4.74. The average Bonchev–Trinajstić information content (AvgIpc) is 2.51. The Morgan fingerprint density at radius 2 is 1.88 bits per heavy atom. The van der Waals surface area contributed by atoms with Crippen molar-refractivity contribution in [2.75, 3.05) is 20.3 Å². The molecule has 1 aromatic carbocycles. The first kappa shape index (κ1) is 20.1. The minimum Gasteiger partial charge on any atom is -0.480 e. The molecule has 0 bridgehead atoms. The summed E-state index contributed by atoms with van der Waals surface area (Å²) in [6.07, 6.45) is 0.121. The van der Waals surface area contributed by atoms with Crippen LogP contribution < -0.4 is 10.0 Å². The molecule has 3 N–H and O–H groups in total. The normalized spacial score (nSPS) is 12.6. The van der Waals surface area contributed by atoms with Crippen LogP contribution in [0.2, 0.25) is 0 Å². The Morgan fingerprint density at radius 3 is 2.38 bits per heavy atom. The Balaban J connectivity index is 2.69. The van der Waals surface area contributed by atoms with Gasteiger partial charge in [-0.15, -0.1) is 0 Å². The van der Waals surface area contributed by atoms with Crippen LogP contribution in [0.4, 0.5) is 0 Å². The highest BCUT2D eigenvalue weighted by atomic mass is 32.2. The van der Waals surface area contributed by atoms with Gasteiger partial charge in [-0.2, -0.15) is 0 Å². The summed E-state index contributed by atoms with van der Waals surface area (Å²) in [6.45, 7) is 2.18. The predicted molar refractivity (Wildman–Crippen MR) is 87.1 cm³/mol. The summed E-state index contributed by atoms with van der Waals surface area (Å²) < 4.78 is 30.8. The first-order valence-electron chi connectivity index (χ1n) is 7.40. The molecule has 1 aromatic rings. The molecule has 1 unspecified atom stereocenters. The number of carbonyl (C=O) groups excluding carboxylic acids is 1. The summed E-state index contributed by atoms with van der Waals surface area (Å²) in [7, 11) is -2.09. The SMILES string of the molecule is CCNS(=O)(=O)c1ccc(CC(=O)NC(CCOC)C(=O)O)cc1. The summed E-state index contributed by atoms with van der Waals surface area (Å²) >= 11 is 0. The third kappa shape index (κ3) is 6.26. The minimum atomic E-state index is -3.54. The molecule has 0 aliphatic carbocycles. The number of carboxylic acids is 1. The molecule has 0 spiro atoms. The number of carboxylic acid groups (broad SMARTS) is 1. The van der Waals surface area contributed by atoms with Gasteiger partial charge in [-0.05, 0) is 17.7 Å². The van der Waals surface area contributed by atoms with Crippen LogP contribution in [-0.2, 0) is 30.8 Å². The number of hydrogen-bond donors (Lipinski definition) is 3. The third-order valence-electron chi connectivity index (χ3n) is 3.18. The van der Waals surface area contributed by atoms with Crippen molar-refractivity contribution in [2.45, 2.75) is 30.7 Å². The lowest BCUT2D eigenvalue weighted by molar-refractivity contribution is -0.142. The van der Waals surface area contributed by atoms with Crippen LogP contribution in [0.3, 0.4) is 0 Å². The highest BCUT2D eigenvalue weighted by Gasteiger charge is 2.20. The van der Waals surface area contributed by atoms with E-state index in [4.69, 9.17) is 9.84 Å². The first-order chi connectivity index (χ1) is 11.3. The smallest absolute Gasteiger partial charge is 0.326 e. The number of nitrogens with one attached hydrogen (secondary N) is 2. The molecule has 0 fully saturated rings. The van der Waals surface area contributed by atoms with E-state index >= 15 is 0 Å². The molecule has 0 aromatic heterocycles. The molecular formula is C15H22N2O6S. The summed E-state index contributed by atoms with van der Waals surface area (Å²) in [5, 5.41) is 11.5. The quantitative estimate of drug-likeness (QED) is 0.547. The number of benzene rings is 1. The molecule has 8 nitrogen and oxygen atoms in total. The molecule has 0 heterocycles. The Labute approximate surface area is 141 Å². The second-order valence-corrected chi connectivity index (χ2v) is 6.83. The maximum absolute atomic E-state index is 11.9. The summed E-state index contributed by atoms with van der Waals surface area (Å²) in [5.41, 5.74) is 0.582. The highest BCUT2D eigenvalue weighted by molar-refractivity contribution is 7.89. The van der Waals surface area contributed by atoms with Gasteiger partial charge in [0.1, 0.15) is 6.04 Å². The fourth-order valence-electron chi connectivity index (χ4n) is 1.98. The number of rotatable bonds is 10. The monoisotopic (exact) mass is 358 g/mol. The molecule has 0 radical (unpaired) electrons. The van der Waals surface area contributed by atoms with Gasteiger partial charge in [0, 0.05) is 26.7 Å². The fourth-order valence-corrected chi connectivity index (χ4v) is 3.02. The summed E-state index contributed by atoms with van der Waals surface area (Å²) in [4.78, 5) is 23.1. The highest BCUT2D eigenvalue weighted by Crippen LogP contribution is 2.11. The lowest BCUT2D eigenvalue weighted by atomic mass is 10.1. The zero-order valence-electron chi connectivity index (χ0n) is 13.6. The van der Waals surface area contributed by atoms with Crippen LogP contribution in [0.15, 0.2) is 29.2 Å². The first-order valence-corrected chi connectivity index (χ1v) is 8.88. The molecule has 1 amide bonds. The summed E-state index contributed by atoms with van der Waals surface area (Å²) in [6, 6.07) is 4.83. The Bertz CT molecular complexity index is 657. The lowest BCUT2D eigenvalue weighted by Gasteiger charge is -2.14. The Morgan fingerprint density at radius 1 is 1.25 bits per heavy atom. The Hall–Kier alpha value is -1.97. The van der Waals surface area contributed by atoms with E-state index in [1.54, 1.807) is 6.92 Å². The molecule has 134 valence electrons. The van der Waals surface area contributed by atoms with Crippen molar-refractivity contribution in [3.8, 4) is 0 Å². The number of carbonyl (C=O) groups is 2. The van der Waals surface area contributed by atoms with Crippen LogP contribution in [-0.4, -0.2) is 51.7 Å². The van der Waals surface area contributed by atoms with Crippen molar-refractivity contribution >= 4 is 21.9 Å². The molecule has 0 saturated carbocycles. The molecule has 0 aliphatic heterocycles. The van der Waals surface area contributed by atoms with Crippen LogP contribution in [0.25, 0.3) is 0 Å². The van der Waals surface area contributed by atoms with E-state index in [1.807, 2.05) is 0 Å². The number of amides is 1.